The van der Waals surface area contributed by atoms with E-state index in [0.29, 0.717) is 5.91 Å². The Kier molecular flexibility index (Phi) is 4.01. The Hall–Kier alpha value is -0.570. The summed E-state index contributed by atoms with van der Waals surface area (Å²) in [6.45, 7) is 3.15. The van der Waals surface area contributed by atoms with Crippen molar-refractivity contribution in [3.63, 3.8) is 0 Å². The lowest BCUT2D eigenvalue weighted by atomic mass is 10.0. The quantitative estimate of drug-likeness (QED) is 0.674. The van der Waals surface area contributed by atoms with Crippen LogP contribution in [-0.2, 0) is 4.79 Å². The highest BCUT2D eigenvalue weighted by Gasteiger charge is 2.28. The number of amides is 1. The summed E-state index contributed by atoms with van der Waals surface area (Å²) in [7, 11) is 0. The highest BCUT2D eigenvalue weighted by Crippen LogP contribution is 2.12. The van der Waals surface area contributed by atoms with Gasteiger partial charge in [0, 0.05) is 19.5 Å². The van der Waals surface area contributed by atoms with Crippen LogP contribution in [0.5, 0.6) is 0 Å². The van der Waals surface area contributed by atoms with Crippen molar-refractivity contribution < 1.29 is 10.1 Å². The number of carbonyl (C=O) groups excluding carboxylic acids is 1. The molecule has 2 saturated heterocycles. The molecule has 2 N–H and O–H groups in total. The maximum Gasteiger partial charge on any atom is 0.280 e. The van der Waals surface area contributed by atoms with Crippen molar-refractivity contribution in [2.45, 2.75) is 51.0 Å². The molecule has 0 aromatic heterocycles. The van der Waals surface area contributed by atoms with Gasteiger partial charge in [-0.15, -0.1) is 0 Å². The van der Waals surface area contributed by atoms with E-state index >= 15 is 0 Å². The van der Waals surface area contributed by atoms with Crippen LogP contribution in [0.25, 0.3) is 0 Å². The monoisotopic (exact) mass is 211 g/mol. The number of hydrogen-bond acceptors (Lipinski definition) is 1. The molecule has 3 heteroatoms. The number of likely N-dealkylation sites (tertiary alicyclic amines) is 1. The Morgan fingerprint density at radius 2 is 1.73 bits per heavy atom. The van der Waals surface area contributed by atoms with Crippen LogP contribution in [0.3, 0.4) is 0 Å². The Morgan fingerprint density at radius 1 is 1.00 bits per heavy atom. The van der Waals surface area contributed by atoms with Crippen LogP contribution in [0.15, 0.2) is 0 Å². The van der Waals surface area contributed by atoms with Gasteiger partial charge in [-0.05, 0) is 25.7 Å². The van der Waals surface area contributed by atoms with Crippen LogP contribution >= 0.6 is 0 Å². The summed E-state index contributed by atoms with van der Waals surface area (Å²) in [5, 5.41) is 2.25. The first-order valence-electron chi connectivity index (χ1n) is 6.50. The lowest BCUT2D eigenvalue weighted by Gasteiger charge is -2.26. The molecule has 2 rings (SSSR count). The molecular weight excluding hydrogens is 188 g/mol. The minimum atomic E-state index is 0.247. The van der Waals surface area contributed by atoms with Gasteiger partial charge < -0.3 is 10.2 Å². The number of carbonyl (C=O) groups is 1. The summed E-state index contributed by atoms with van der Waals surface area (Å²) < 4.78 is 0. The van der Waals surface area contributed by atoms with E-state index in [-0.39, 0.29) is 6.04 Å². The van der Waals surface area contributed by atoms with Crippen LogP contribution < -0.4 is 5.32 Å². The lowest BCUT2D eigenvalue weighted by molar-refractivity contribution is -0.685. The van der Waals surface area contributed by atoms with Gasteiger partial charge in [-0.3, -0.25) is 4.79 Å². The highest BCUT2D eigenvalue weighted by molar-refractivity contribution is 5.80. The van der Waals surface area contributed by atoms with Gasteiger partial charge in [0.15, 0.2) is 6.04 Å². The second-order valence-electron chi connectivity index (χ2n) is 4.87. The van der Waals surface area contributed by atoms with Crippen molar-refractivity contribution in [2.75, 3.05) is 19.6 Å². The second kappa shape index (κ2) is 5.50. The third-order valence-electron chi connectivity index (χ3n) is 3.66. The van der Waals surface area contributed by atoms with E-state index in [9.17, 15) is 4.79 Å². The topological polar surface area (TPSA) is 36.9 Å². The molecule has 0 spiro atoms. The molecule has 15 heavy (non-hydrogen) atoms. The number of nitrogens with two attached hydrogens (primary N) is 1. The molecule has 0 radical (unpaired) electrons. The number of quaternary nitrogens is 1. The van der Waals surface area contributed by atoms with Crippen LogP contribution in [0.1, 0.15) is 44.9 Å². The maximum atomic E-state index is 12.2. The normalized spacial score (nSPS) is 28.5. The van der Waals surface area contributed by atoms with Gasteiger partial charge in [0.25, 0.3) is 5.91 Å². The van der Waals surface area contributed by atoms with E-state index in [0.717, 1.165) is 26.1 Å². The summed E-state index contributed by atoms with van der Waals surface area (Å²) in [5.41, 5.74) is 0. The summed E-state index contributed by atoms with van der Waals surface area (Å²) in [5.74, 6) is 0.414. The molecule has 0 unspecified atom stereocenters. The fraction of sp³-hybridized carbons (Fsp3) is 0.917. The molecule has 2 fully saturated rings. The van der Waals surface area contributed by atoms with E-state index in [1.807, 2.05) is 0 Å². The third-order valence-corrected chi connectivity index (χ3v) is 3.66. The van der Waals surface area contributed by atoms with Gasteiger partial charge in [-0.25, -0.2) is 0 Å². The van der Waals surface area contributed by atoms with E-state index in [1.54, 1.807) is 0 Å². The minimum Gasteiger partial charge on any atom is -0.338 e. The predicted octanol–water partition coefficient (Wildman–Crippen LogP) is 0.505. The molecular formula is C12H23N2O+. The molecule has 1 atom stereocenters. The largest absolute Gasteiger partial charge is 0.338 e. The number of hydrogen-bond donors (Lipinski definition) is 1. The van der Waals surface area contributed by atoms with E-state index in [1.165, 1.54) is 38.5 Å². The molecule has 2 aliphatic heterocycles. The molecule has 86 valence electrons. The van der Waals surface area contributed by atoms with Gasteiger partial charge >= 0.3 is 0 Å². The van der Waals surface area contributed by atoms with Gasteiger partial charge in [-0.2, -0.15) is 0 Å². The number of rotatable bonds is 1. The van der Waals surface area contributed by atoms with Crippen LogP contribution in [0.2, 0.25) is 0 Å². The van der Waals surface area contributed by atoms with Gasteiger partial charge in [-0.1, -0.05) is 12.8 Å². The molecule has 0 saturated carbocycles. The van der Waals surface area contributed by atoms with Crippen molar-refractivity contribution in [3.8, 4) is 0 Å². The van der Waals surface area contributed by atoms with Crippen molar-refractivity contribution >= 4 is 5.91 Å². The highest BCUT2D eigenvalue weighted by atomic mass is 16.2. The van der Waals surface area contributed by atoms with Crippen LogP contribution in [0.4, 0.5) is 0 Å². The Bertz CT molecular complexity index is 204. The maximum absolute atomic E-state index is 12.2. The summed E-state index contributed by atoms with van der Waals surface area (Å²) in [6, 6.07) is 0.247. The van der Waals surface area contributed by atoms with Gasteiger partial charge in [0.05, 0.1) is 6.54 Å². The average Bonchev–Trinajstić information content (AvgIpc) is 2.58. The van der Waals surface area contributed by atoms with E-state index in [2.05, 4.69) is 10.2 Å². The molecule has 0 aromatic carbocycles. The zero-order valence-electron chi connectivity index (χ0n) is 9.58. The minimum absolute atomic E-state index is 0.247. The van der Waals surface area contributed by atoms with Crippen molar-refractivity contribution in [2.24, 2.45) is 0 Å². The average molecular weight is 211 g/mol. The Balaban J connectivity index is 1.87. The fourth-order valence-electron chi connectivity index (χ4n) is 2.70. The second-order valence-corrected chi connectivity index (χ2v) is 4.87. The Labute approximate surface area is 92.2 Å². The zero-order valence-corrected chi connectivity index (χ0v) is 9.58. The van der Waals surface area contributed by atoms with Crippen molar-refractivity contribution in [1.82, 2.24) is 4.90 Å². The fourth-order valence-corrected chi connectivity index (χ4v) is 2.70. The third kappa shape index (κ3) is 2.94. The number of nitrogens with zero attached hydrogens (tertiary/aromatic N) is 1. The van der Waals surface area contributed by atoms with Crippen molar-refractivity contribution in [1.29, 1.82) is 0 Å². The molecule has 2 heterocycles. The molecule has 2 aliphatic rings. The van der Waals surface area contributed by atoms with Crippen LogP contribution in [-0.4, -0.2) is 36.5 Å². The first-order valence-corrected chi connectivity index (χ1v) is 6.50. The summed E-state index contributed by atoms with van der Waals surface area (Å²) in [4.78, 5) is 14.3. The molecule has 0 aliphatic carbocycles. The van der Waals surface area contributed by atoms with Crippen molar-refractivity contribution in [3.05, 3.63) is 0 Å². The Morgan fingerprint density at radius 3 is 2.33 bits per heavy atom. The van der Waals surface area contributed by atoms with Crippen LogP contribution in [0, 0.1) is 0 Å². The van der Waals surface area contributed by atoms with Gasteiger partial charge in [0.2, 0.25) is 0 Å². The molecule has 3 nitrogen and oxygen atoms in total. The van der Waals surface area contributed by atoms with E-state index < -0.39 is 0 Å². The zero-order chi connectivity index (χ0) is 10.5. The van der Waals surface area contributed by atoms with E-state index in [4.69, 9.17) is 0 Å². The molecule has 0 bridgehead atoms. The smallest absolute Gasteiger partial charge is 0.280 e. The summed E-state index contributed by atoms with van der Waals surface area (Å²) in [6.07, 6.45) is 8.63. The summed E-state index contributed by atoms with van der Waals surface area (Å²) >= 11 is 0. The standard InChI is InChI=1S/C12H22N2O/c15-12(11-7-3-4-8-13-11)14-9-5-1-2-6-10-14/h11,13H,1-10H2/p+1/t11-/m1/s1. The SMILES string of the molecule is O=C([C@H]1CCCC[NH2+]1)N1CCCCCC1. The molecule has 1 amide bonds. The first kappa shape index (κ1) is 10.9. The van der Waals surface area contributed by atoms with Gasteiger partial charge in [0.1, 0.15) is 0 Å². The lowest BCUT2D eigenvalue weighted by Crippen LogP contribution is -2.94. The number of piperidine rings is 1. The first-order chi connectivity index (χ1) is 7.38. The molecule has 0 aromatic rings. The predicted molar refractivity (Wildman–Crippen MR) is 59.5 cm³/mol.